The average molecular weight is 465 g/mol. The van der Waals surface area contributed by atoms with Crippen molar-refractivity contribution in [1.29, 1.82) is 0 Å². The molecular weight excluding hydrogens is 436 g/mol. The van der Waals surface area contributed by atoms with Crippen LogP contribution in [0.3, 0.4) is 0 Å². The van der Waals surface area contributed by atoms with Gasteiger partial charge in [-0.1, -0.05) is 61.8 Å². The van der Waals surface area contributed by atoms with Crippen LogP contribution in [0, 0.1) is 5.92 Å². The Kier molecular flexibility index (Phi) is 8.50. The second kappa shape index (κ2) is 11.5. The highest BCUT2D eigenvalue weighted by Gasteiger charge is 2.23. The molecular formula is C27H29ClN2O3. The Hall–Kier alpha value is -3.31. The molecule has 172 valence electrons. The number of rotatable bonds is 9. The summed E-state index contributed by atoms with van der Waals surface area (Å²) >= 11 is 6.44. The van der Waals surface area contributed by atoms with E-state index >= 15 is 0 Å². The molecule has 1 aromatic heterocycles. The first-order valence-corrected chi connectivity index (χ1v) is 11.2. The van der Waals surface area contributed by atoms with Crippen LogP contribution < -0.4 is 9.47 Å². The monoisotopic (exact) mass is 464 g/mol. The summed E-state index contributed by atoms with van der Waals surface area (Å²) < 4.78 is 11.3. The van der Waals surface area contributed by atoms with Gasteiger partial charge in [-0.15, -0.1) is 0 Å². The van der Waals surface area contributed by atoms with Crippen molar-refractivity contribution in [2.24, 2.45) is 5.92 Å². The molecule has 1 atom stereocenters. The molecule has 6 heteroatoms. The van der Waals surface area contributed by atoms with E-state index in [-0.39, 0.29) is 11.9 Å². The number of methoxy groups -OCH3 is 1. The van der Waals surface area contributed by atoms with Crippen molar-refractivity contribution >= 4 is 23.6 Å². The Balaban J connectivity index is 1.84. The van der Waals surface area contributed by atoms with Crippen LogP contribution in [0.5, 0.6) is 11.5 Å². The predicted molar refractivity (Wildman–Crippen MR) is 133 cm³/mol. The number of likely N-dealkylation sites (N-methyl/N-ethyl adjacent to an activating group) is 1. The molecule has 0 radical (unpaired) electrons. The first-order chi connectivity index (χ1) is 15.9. The molecule has 0 N–H and O–H groups in total. The number of benzene rings is 2. The third-order valence-corrected chi connectivity index (χ3v) is 5.33. The van der Waals surface area contributed by atoms with Crippen LogP contribution >= 0.6 is 11.6 Å². The van der Waals surface area contributed by atoms with E-state index in [9.17, 15) is 4.79 Å². The Morgan fingerprint density at radius 2 is 1.85 bits per heavy atom. The minimum atomic E-state index is -0.311. The van der Waals surface area contributed by atoms with E-state index in [0.717, 1.165) is 16.8 Å². The van der Waals surface area contributed by atoms with Crippen molar-refractivity contribution in [3.63, 3.8) is 0 Å². The minimum absolute atomic E-state index is 0.162. The summed E-state index contributed by atoms with van der Waals surface area (Å²) in [6.45, 7) is 4.66. The van der Waals surface area contributed by atoms with Crippen LogP contribution in [0.4, 0.5) is 0 Å². The van der Waals surface area contributed by atoms with Crippen molar-refractivity contribution in [3.05, 3.63) is 94.8 Å². The average Bonchev–Trinajstić information content (AvgIpc) is 2.82. The fourth-order valence-electron chi connectivity index (χ4n) is 3.40. The molecule has 0 aliphatic heterocycles. The van der Waals surface area contributed by atoms with E-state index in [1.165, 1.54) is 6.08 Å². The SMILES string of the molecule is COc1cc(C=CC(=O)N(C)C(c2ccccc2)c2ccccn2)cc(Cl)c1OCC(C)C. The molecule has 1 heterocycles. The van der Waals surface area contributed by atoms with E-state index in [0.29, 0.717) is 29.0 Å². The highest BCUT2D eigenvalue weighted by molar-refractivity contribution is 6.32. The van der Waals surface area contributed by atoms with Crippen LogP contribution in [-0.4, -0.2) is 36.6 Å². The maximum absolute atomic E-state index is 13.1. The molecule has 0 spiro atoms. The van der Waals surface area contributed by atoms with E-state index in [1.54, 1.807) is 43.5 Å². The molecule has 0 fully saturated rings. The second-order valence-corrected chi connectivity index (χ2v) is 8.50. The lowest BCUT2D eigenvalue weighted by Gasteiger charge is -2.27. The normalized spacial score (nSPS) is 12.1. The van der Waals surface area contributed by atoms with Gasteiger partial charge >= 0.3 is 0 Å². The van der Waals surface area contributed by atoms with Crippen molar-refractivity contribution in [1.82, 2.24) is 9.88 Å². The summed E-state index contributed by atoms with van der Waals surface area (Å²) in [5, 5.41) is 0.436. The topological polar surface area (TPSA) is 51.7 Å². The van der Waals surface area contributed by atoms with Crippen molar-refractivity contribution in [2.45, 2.75) is 19.9 Å². The molecule has 5 nitrogen and oxygen atoms in total. The third kappa shape index (κ3) is 6.36. The zero-order valence-corrected chi connectivity index (χ0v) is 20.1. The van der Waals surface area contributed by atoms with Gasteiger partial charge in [0.15, 0.2) is 11.5 Å². The molecule has 0 aliphatic carbocycles. The van der Waals surface area contributed by atoms with Crippen LogP contribution in [0.15, 0.2) is 72.9 Å². The van der Waals surface area contributed by atoms with Gasteiger partial charge in [-0.2, -0.15) is 0 Å². The molecule has 0 bridgehead atoms. The lowest BCUT2D eigenvalue weighted by Crippen LogP contribution is -2.31. The third-order valence-electron chi connectivity index (χ3n) is 5.05. The number of carbonyl (C=O) groups is 1. The summed E-state index contributed by atoms with van der Waals surface area (Å²) in [6.07, 6.45) is 4.98. The number of aromatic nitrogens is 1. The van der Waals surface area contributed by atoms with Crippen LogP contribution in [0.25, 0.3) is 6.08 Å². The second-order valence-electron chi connectivity index (χ2n) is 8.09. The first kappa shape index (κ1) is 24.3. The summed E-state index contributed by atoms with van der Waals surface area (Å²) in [4.78, 5) is 19.3. The lowest BCUT2D eigenvalue weighted by atomic mass is 10.0. The maximum atomic E-state index is 13.1. The van der Waals surface area contributed by atoms with Gasteiger partial charge in [-0.25, -0.2) is 0 Å². The fourth-order valence-corrected chi connectivity index (χ4v) is 3.68. The van der Waals surface area contributed by atoms with E-state index < -0.39 is 0 Å². The molecule has 3 aromatic rings. The minimum Gasteiger partial charge on any atom is -0.493 e. The van der Waals surface area contributed by atoms with E-state index in [1.807, 2.05) is 48.5 Å². The molecule has 0 saturated carbocycles. The number of halogens is 1. The Morgan fingerprint density at radius 3 is 2.48 bits per heavy atom. The molecule has 0 aliphatic rings. The number of amides is 1. The van der Waals surface area contributed by atoms with Crippen molar-refractivity contribution < 1.29 is 14.3 Å². The number of hydrogen-bond donors (Lipinski definition) is 0. The van der Waals surface area contributed by atoms with Crippen LogP contribution in [-0.2, 0) is 4.79 Å². The van der Waals surface area contributed by atoms with Gasteiger partial charge in [0.1, 0.15) is 0 Å². The molecule has 3 rings (SSSR count). The molecule has 0 saturated heterocycles. The highest BCUT2D eigenvalue weighted by atomic mass is 35.5. The predicted octanol–water partition coefficient (Wildman–Crippen LogP) is 6.04. The zero-order chi connectivity index (χ0) is 23.8. The van der Waals surface area contributed by atoms with Gasteiger partial charge in [-0.05, 0) is 47.4 Å². The molecule has 1 amide bonds. The summed E-state index contributed by atoms with van der Waals surface area (Å²) in [7, 11) is 3.34. The van der Waals surface area contributed by atoms with Gasteiger partial charge in [-0.3, -0.25) is 9.78 Å². The maximum Gasteiger partial charge on any atom is 0.247 e. The quantitative estimate of drug-likeness (QED) is 0.362. The number of hydrogen-bond acceptors (Lipinski definition) is 4. The van der Waals surface area contributed by atoms with E-state index in [2.05, 4.69) is 18.8 Å². The number of pyridine rings is 1. The van der Waals surface area contributed by atoms with Gasteiger partial charge in [0.05, 0.1) is 30.5 Å². The number of carbonyl (C=O) groups excluding carboxylic acids is 1. The van der Waals surface area contributed by atoms with Crippen LogP contribution in [0.1, 0.15) is 36.7 Å². The molecule has 2 aromatic carbocycles. The Bertz CT molecular complexity index is 1050. The summed E-state index contributed by atoms with van der Waals surface area (Å²) in [5.41, 5.74) is 2.52. The molecule has 33 heavy (non-hydrogen) atoms. The first-order valence-electron chi connectivity index (χ1n) is 10.8. The smallest absolute Gasteiger partial charge is 0.247 e. The van der Waals surface area contributed by atoms with E-state index in [4.69, 9.17) is 21.1 Å². The molecule has 1 unspecified atom stereocenters. The highest BCUT2D eigenvalue weighted by Crippen LogP contribution is 2.37. The summed E-state index contributed by atoms with van der Waals surface area (Å²) in [6, 6.07) is 18.8. The number of nitrogens with zero attached hydrogens (tertiary/aromatic N) is 2. The summed E-state index contributed by atoms with van der Waals surface area (Å²) in [5.74, 6) is 1.23. The Morgan fingerprint density at radius 1 is 1.12 bits per heavy atom. The lowest BCUT2D eigenvalue weighted by molar-refractivity contribution is -0.126. The fraction of sp³-hybridized carbons (Fsp3) is 0.259. The standard InChI is InChI=1S/C27H29ClN2O3/c1-19(2)18-33-27-22(28)16-20(17-24(27)32-4)13-14-25(31)30(3)26(21-10-6-5-7-11-21)23-12-8-9-15-29-23/h5-17,19,26H,18H2,1-4H3. The van der Waals surface area contributed by atoms with Gasteiger partial charge in [0.2, 0.25) is 5.91 Å². The Labute approximate surface area is 200 Å². The van der Waals surface area contributed by atoms with Gasteiger partial charge < -0.3 is 14.4 Å². The zero-order valence-electron chi connectivity index (χ0n) is 19.4. The number of ether oxygens (including phenoxy) is 2. The van der Waals surface area contributed by atoms with Gasteiger partial charge in [0.25, 0.3) is 0 Å². The van der Waals surface area contributed by atoms with Crippen LogP contribution in [0.2, 0.25) is 5.02 Å². The van der Waals surface area contributed by atoms with Crippen molar-refractivity contribution in [3.8, 4) is 11.5 Å². The van der Waals surface area contributed by atoms with Gasteiger partial charge in [0, 0.05) is 19.3 Å². The largest absolute Gasteiger partial charge is 0.493 e. The van der Waals surface area contributed by atoms with Crippen molar-refractivity contribution in [2.75, 3.05) is 20.8 Å².